The molecule has 1 aromatic heterocycles. The lowest BCUT2D eigenvalue weighted by atomic mass is 10.0. The van der Waals surface area contributed by atoms with Gasteiger partial charge in [-0.1, -0.05) is 5.16 Å². The molecule has 16 nitrogen and oxygen atoms in total. The second-order valence-corrected chi connectivity index (χ2v) is 12.1. The molecule has 0 saturated carbocycles. The number of rotatable bonds is 11. The molecule has 1 fully saturated rings. The van der Waals surface area contributed by atoms with Crippen LogP contribution in [0, 0.1) is 5.41 Å². The number of halogens is 1. The van der Waals surface area contributed by atoms with E-state index in [1.807, 2.05) is 34.5 Å². The summed E-state index contributed by atoms with van der Waals surface area (Å²) >= 11 is 3.85. The molecule has 0 radical (unpaired) electrons. The minimum atomic E-state index is -1.22. The summed E-state index contributed by atoms with van der Waals surface area (Å²) in [5.41, 5.74) is 9.13. The van der Waals surface area contributed by atoms with Gasteiger partial charge in [0, 0.05) is 48.5 Å². The first-order valence-corrected chi connectivity index (χ1v) is 15.2. The predicted molar refractivity (Wildman–Crippen MR) is 166 cm³/mol. The van der Waals surface area contributed by atoms with Gasteiger partial charge in [-0.25, -0.2) is 9.80 Å². The SMILES string of the molecule is CO/N=C(\C(=O)N[C@@H]1C(=O)N2C(C(=O)O)=C(CN3C=CN4NC(SCCNC(C)=N)=CC=C34)CS[C@@H]12)c1nsc(N)n1.Cl. The molecule has 5 heterocycles. The first-order valence-electron chi connectivity index (χ1n) is 12.4. The molecule has 0 aliphatic carbocycles. The quantitative estimate of drug-likeness (QED) is 0.0612. The molecule has 4 aliphatic rings. The van der Waals surface area contributed by atoms with E-state index in [0.717, 1.165) is 28.1 Å². The molecule has 0 unspecified atom stereocenters. The Balaban J connectivity index is 0.00000423. The van der Waals surface area contributed by atoms with Crippen LogP contribution in [0.1, 0.15) is 12.7 Å². The third-order valence-corrected chi connectivity index (χ3v) is 9.08. The summed E-state index contributed by atoms with van der Waals surface area (Å²) < 4.78 is 3.97. The van der Waals surface area contributed by atoms with Gasteiger partial charge in [0.25, 0.3) is 11.8 Å². The number of nitrogens with two attached hydrogens (primary N) is 1. The van der Waals surface area contributed by atoms with E-state index < -0.39 is 29.2 Å². The van der Waals surface area contributed by atoms with Gasteiger partial charge in [-0.2, -0.15) is 9.36 Å². The molecular formula is C23H28ClN11O5S3. The van der Waals surface area contributed by atoms with E-state index in [-0.39, 0.29) is 41.3 Å². The van der Waals surface area contributed by atoms with E-state index in [4.69, 9.17) is 16.0 Å². The summed E-state index contributed by atoms with van der Waals surface area (Å²) in [6, 6.07) is -0.969. The number of nitrogens with one attached hydrogen (secondary N) is 4. The first-order chi connectivity index (χ1) is 20.2. The Kier molecular flexibility index (Phi) is 10.1. The van der Waals surface area contributed by atoms with Gasteiger partial charge in [0.1, 0.15) is 30.0 Å². The summed E-state index contributed by atoms with van der Waals surface area (Å²) in [5.74, 6) is -0.219. The van der Waals surface area contributed by atoms with Crippen molar-refractivity contribution in [1.82, 2.24) is 40.2 Å². The summed E-state index contributed by atoms with van der Waals surface area (Å²) in [7, 11) is 1.25. The number of nitrogen functional groups attached to an aromatic ring is 1. The molecule has 2 atom stereocenters. The largest absolute Gasteiger partial charge is 0.477 e. The number of β-lactam (4-membered cyclic amide) rings is 1. The molecular weight excluding hydrogens is 642 g/mol. The molecule has 1 aromatic rings. The topological polar surface area (TPSA) is 214 Å². The minimum Gasteiger partial charge on any atom is -0.477 e. The molecule has 0 spiro atoms. The number of allylic oxidation sites excluding steroid dienone is 2. The van der Waals surface area contributed by atoms with Gasteiger partial charge >= 0.3 is 5.97 Å². The molecule has 4 aliphatic heterocycles. The Morgan fingerprint density at radius 3 is 2.84 bits per heavy atom. The van der Waals surface area contributed by atoms with Crippen LogP contribution in [0.5, 0.6) is 0 Å². The normalized spacial score (nSPS) is 20.7. The highest BCUT2D eigenvalue weighted by Crippen LogP contribution is 2.41. The van der Waals surface area contributed by atoms with Crippen LogP contribution in [0.15, 0.2) is 51.8 Å². The molecule has 230 valence electrons. The fourth-order valence-electron chi connectivity index (χ4n) is 4.46. The number of oxime groups is 1. The van der Waals surface area contributed by atoms with E-state index in [2.05, 4.69) is 30.6 Å². The lowest BCUT2D eigenvalue weighted by molar-refractivity contribution is -0.150. The number of carboxylic acid groups (broad SMARTS) is 1. The fourth-order valence-corrected chi connectivity index (χ4v) is 6.98. The van der Waals surface area contributed by atoms with E-state index >= 15 is 0 Å². The van der Waals surface area contributed by atoms with Gasteiger partial charge in [-0.05, 0) is 24.6 Å². The summed E-state index contributed by atoms with van der Waals surface area (Å²) in [6.07, 6.45) is 7.54. The lowest BCUT2D eigenvalue weighted by Gasteiger charge is -2.49. The Morgan fingerprint density at radius 2 is 2.16 bits per heavy atom. The van der Waals surface area contributed by atoms with Crippen molar-refractivity contribution >= 4 is 81.9 Å². The maximum Gasteiger partial charge on any atom is 0.352 e. The van der Waals surface area contributed by atoms with Crippen LogP contribution in [0.25, 0.3) is 0 Å². The fraction of sp³-hybridized carbons (Fsp3) is 0.348. The van der Waals surface area contributed by atoms with E-state index in [1.54, 1.807) is 18.7 Å². The van der Waals surface area contributed by atoms with Crippen LogP contribution in [0.3, 0.4) is 0 Å². The van der Waals surface area contributed by atoms with Crippen molar-refractivity contribution in [2.24, 2.45) is 5.16 Å². The van der Waals surface area contributed by atoms with Crippen LogP contribution in [-0.2, 0) is 19.2 Å². The minimum absolute atomic E-state index is 0. The number of carboxylic acids is 1. The Bertz CT molecular complexity index is 1480. The van der Waals surface area contributed by atoms with Crippen LogP contribution < -0.4 is 21.8 Å². The molecule has 0 aromatic carbocycles. The van der Waals surface area contributed by atoms with Gasteiger partial charge in [0.05, 0.1) is 10.9 Å². The van der Waals surface area contributed by atoms with E-state index in [9.17, 15) is 19.5 Å². The summed E-state index contributed by atoms with van der Waals surface area (Å²) in [5, 5.41) is 29.1. The average molecular weight is 670 g/mol. The predicted octanol–water partition coefficient (Wildman–Crippen LogP) is 0.241. The van der Waals surface area contributed by atoms with Crippen LogP contribution in [0.2, 0.25) is 0 Å². The van der Waals surface area contributed by atoms with Crippen molar-refractivity contribution in [1.29, 1.82) is 5.41 Å². The smallest absolute Gasteiger partial charge is 0.352 e. The van der Waals surface area contributed by atoms with E-state index in [1.165, 1.54) is 23.8 Å². The van der Waals surface area contributed by atoms with E-state index in [0.29, 0.717) is 23.7 Å². The van der Waals surface area contributed by atoms with Crippen molar-refractivity contribution < 1.29 is 24.3 Å². The van der Waals surface area contributed by atoms with Crippen LogP contribution in [0.4, 0.5) is 5.13 Å². The number of fused-ring (bicyclic) bond motifs is 2. The van der Waals surface area contributed by atoms with Gasteiger partial charge in [-0.15, -0.1) is 35.9 Å². The van der Waals surface area contributed by atoms with Crippen LogP contribution in [-0.4, -0.2) is 102 Å². The number of carbonyl (C=O) groups is 3. The standard InChI is InChI=1S/C23H27N11O5S3.ClH/c1-11(24)26-5-8-40-13-3-4-14-32(6-7-33(14)29-13)9-12-10-41-21-16(20(36)34(21)17(12)22(37)38)27-19(35)15(30-39-2)18-28-23(25)42-31-18;/h3-4,6-7,16,21,29H,5,8-10H2,1-2H3,(H2,24,26)(H,27,35)(H,37,38)(H2,25,28,31);1H/b30-15-;/t16-,21+;/m1./s1. The Hall–Kier alpha value is -3.94. The molecule has 1 saturated heterocycles. The maximum absolute atomic E-state index is 13.2. The number of hydrogen-bond donors (Lipinski definition) is 6. The lowest BCUT2D eigenvalue weighted by Crippen LogP contribution is -2.71. The summed E-state index contributed by atoms with van der Waals surface area (Å²) in [4.78, 5) is 50.3. The Labute approximate surface area is 264 Å². The zero-order chi connectivity index (χ0) is 30.0. The molecule has 43 heavy (non-hydrogen) atoms. The van der Waals surface area contributed by atoms with Crippen molar-refractivity contribution in [3.05, 3.63) is 52.5 Å². The van der Waals surface area contributed by atoms with Crippen molar-refractivity contribution in [3.8, 4) is 0 Å². The number of hydrogen-bond acceptors (Lipinski definition) is 15. The highest BCUT2D eigenvalue weighted by molar-refractivity contribution is 8.03. The number of nitrogens with zero attached hydrogens (tertiary/aromatic N) is 6. The highest BCUT2D eigenvalue weighted by atomic mass is 35.5. The third kappa shape index (κ3) is 6.68. The zero-order valence-corrected chi connectivity index (χ0v) is 26.0. The Morgan fingerprint density at radius 1 is 1.37 bits per heavy atom. The maximum atomic E-state index is 13.2. The highest BCUT2D eigenvalue weighted by Gasteiger charge is 2.54. The van der Waals surface area contributed by atoms with Gasteiger partial charge in [0.15, 0.2) is 5.13 Å². The molecule has 20 heteroatoms. The summed E-state index contributed by atoms with van der Waals surface area (Å²) in [6.45, 7) is 2.62. The molecule has 2 amide bonds. The second kappa shape index (κ2) is 13.6. The first kappa shape index (κ1) is 32.0. The molecule has 5 rings (SSSR count). The number of aliphatic carboxylic acids is 1. The van der Waals surface area contributed by atoms with Gasteiger partial charge < -0.3 is 31.2 Å². The second-order valence-electron chi connectivity index (χ2n) is 9.06. The third-order valence-electron chi connectivity index (χ3n) is 6.25. The average Bonchev–Trinajstić information content (AvgIpc) is 3.57. The molecule has 0 bridgehead atoms. The zero-order valence-electron chi connectivity index (χ0n) is 22.8. The number of amidine groups is 1. The number of hydrazine groups is 1. The number of thioether (sulfide) groups is 2. The van der Waals surface area contributed by atoms with Crippen molar-refractivity contribution in [2.75, 3.05) is 37.4 Å². The molecule has 7 N–H and O–H groups in total. The van der Waals surface area contributed by atoms with Crippen molar-refractivity contribution in [3.63, 3.8) is 0 Å². The number of carbonyl (C=O) groups excluding carboxylic acids is 2. The van der Waals surface area contributed by atoms with Crippen LogP contribution >= 0.6 is 47.5 Å². The number of aromatic nitrogens is 2. The van der Waals surface area contributed by atoms with Gasteiger partial charge in [0.2, 0.25) is 11.5 Å². The monoisotopic (exact) mass is 669 g/mol. The number of anilines is 1. The number of amides is 2. The van der Waals surface area contributed by atoms with Crippen molar-refractivity contribution in [2.45, 2.75) is 18.3 Å². The van der Waals surface area contributed by atoms with Gasteiger partial charge in [-0.3, -0.25) is 25.3 Å².